The van der Waals surface area contributed by atoms with Crippen LogP contribution in [-0.2, 0) is 65.3 Å². The largest absolute Gasteiger partial charge is 0.663 e. The Morgan fingerprint density at radius 3 is 2.03 bits per heavy atom. The third-order valence-corrected chi connectivity index (χ3v) is 3.87. The first kappa shape index (κ1) is 30.1. The molecule has 2 aromatic carbocycles. The number of ether oxygens (including phenoxy) is 1. The molecule has 0 aromatic heterocycles. The van der Waals surface area contributed by atoms with Crippen molar-refractivity contribution in [2.24, 2.45) is 0 Å². The molecule has 0 atom stereocenters. The third kappa shape index (κ3) is 8.53. The minimum Gasteiger partial charge on any atom is -0.663 e. The second-order valence-corrected chi connectivity index (χ2v) is 5.67. The van der Waals surface area contributed by atoms with Gasteiger partial charge in [-0.15, -0.1) is 0 Å². The summed E-state index contributed by atoms with van der Waals surface area (Å²) >= 11 is 0. The summed E-state index contributed by atoms with van der Waals surface area (Å²) in [5.41, 5.74) is 6.28. The summed E-state index contributed by atoms with van der Waals surface area (Å²) in [6.45, 7) is -0.101. The van der Waals surface area contributed by atoms with Crippen molar-refractivity contribution in [3.63, 3.8) is 0 Å². The fraction of sp³-hybridized carbons (Fsp3) is 0.222. The number of methoxy groups -OCH3 is 1. The van der Waals surface area contributed by atoms with Gasteiger partial charge in [0.1, 0.15) is 6.61 Å². The summed E-state index contributed by atoms with van der Waals surface area (Å²) < 4.78 is 4.36. The second kappa shape index (κ2) is 15.0. The van der Waals surface area contributed by atoms with Gasteiger partial charge in [0.25, 0.3) is 11.4 Å². The number of esters is 1. The predicted octanol–water partition coefficient (Wildman–Crippen LogP) is 3.73. The van der Waals surface area contributed by atoms with Crippen molar-refractivity contribution in [2.75, 3.05) is 14.2 Å². The molecule has 33 heavy (non-hydrogen) atoms. The van der Waals surface area contributed by atoms with Crippen molar-refractivity contribution >= 4 is 23.3 Å². The van der Waals surface area contributed by atoms with E-state index in [1.165, 1.54) is 25.3 Å². The molecular weight excluding hydrogens is 521 g/mol. The standard InChI is InChI=1S/C9H11N2O5.C9H8N2O5.Y/c1-14-16-5-7-3-2-4-9(11(12)13)8(7)6-15-10;1-16-9(13)5-3-2-4-6(11(14)15)7(5)8(10)12;/h2-4,10H,5-6H2,1H3;2-4H,1H3,(H2,10,12);/q-1;;/p-1. The van der Waals surface area contributed by atoms with Crippen LogP contribution in [0.2, 0.25) is 0 Å². The molecule has 2 rings (SSSR count). The molecule has 0 bridgehead atoms. The molecule has 2 aromatic rings. The van der Waals surface area contributed by atoms with Crippen LogP contribution >= 0.6 is 0 Å². The molecule has 175 valence electrons. The van der Waals surface area contributed by atoms with Gasteiger partial charge >= 0.3 is 5.97 Å². The number of benzene rings is 2. The third-order valence-electron chi connectivity index (χ3n) is 3.87. The minimum atomic E-state index is -1.30. The molecule has 14 nitrogen and oxygen atoms in total. The van der Waals surface area contributed by atoms with E-state index in [0.29, 0.717) is 11.1 Å². The molecule has 0 spiro atoms. The van der Waals surface area contributed by atoms with Crippen LogP contribution in [0.25, 0.3) is 11.6 Å². The number of amides is 1. The van der Waals surface area contributed by atoms with Crippen molar-refractivity contribution in [3.8, 4) is 0 Å². The Morgan fingerprint density at radius 2 is 1.55 bits per heavy atom. The van der Waals surface area contributed by atoms with Gasteiger partial charge in [-0.25, -0.2) is 14.6 Å². The van der Waals surface area contributed by atoms with Crippen LogP contribution in [0.1, 0.15) is 31.8 Å². The Kier molecular flexibility index (Phi) is 13.7. The first-order valence-corrected chi connectivity index (χ1v) is 8.50. The summed E-state index contributed by atoms with van der Waals surface area (Å²) in [7, 11) is 2.43. The molecule has 1 radical (unpaired) electrons. The Balaban J connectivity index is 0.000000602. The normalized spacial score (nSPS) is 9.67. The summed E-state index contributed by atoms with van der Waals surface area (Å²) in [6, 6.07) is 8.04. The van der Waals surface area contributed by atoms with E-state index in [9.17, 15) is 29.8 Å². The molecule has 15 heteroatoms. The van der Waals surface area contributed by atoms with E-state index in [1.54, 1.807) is 12.1 Å². The van der Waals surface area contributed by atoms with Gasteiger partial charge in [-0.3, -0.25) is 20.2 Å². The number of carbonyl (C=O) groups is 2. The summed E-state index contributed by atoms with van der Waals surface area (Å²) in [4.78, 5) is 55.5. The van der Waals surface area contributed by atoms with Crippen LogP contribution in [0.15, 0.2) is 36.4 Å². The van der Waals surface area contributed by atoms with Crippen LogP contribution in [0.4, 0.5) is 11.4 Å². The van der Waals surface area contributed by atoms with Gasteiger partial charge in [0.2, 0.25) is 0 Å². The van der Waals surface area contributed by atoms with E-state index in [4.69, 9.17) is 16.5 Å². The monoisotopic (exact) mass is 539 g/mol. The maximum Gasteiger partial charge on any atom is 0.338 e. The molecule has 0 fully saturated rings. The number of nitro benzene ring substituents is 2. The van der Waals surface area contributed by atoms with E-state index in [1.807, 2.05) is 0 Å². The van der Waals surface area contributed by atoms with E-state index < -0.39 is 33.0 Å². The van der Waals surface area contributed by atoms with Crippen LogP contribution in [0.3, 0.4) is 0 Å². The van der Waals surface area contributed by atoms with Gasteiger partial charge < -0.3 is 26.0 Å². The number of nitrogens with zero attached hydrogens (tertiary/aromatic N) is 2. The van der Waals surface area contributed by atoms with Crippen molar-refractivity contribution in [2.45, 2.75) is 13.2 Å². The van der Waals surface area contributed by atoms with Crippen LogP contribution in [0.5, 0.6) is 0 Å². The zero-order valence-corrected chi connectivity index (χ0v) is 20.3. The quantitative estimate of drug-likeness (QED) is 0.195. The van der Waals surface area contributed by atoms with Crippen molar-refractivity contribution in [1.82, 2.24) is 0 Å². The zero-order valence-electron chi connectivity index (χ0n) is 17.4. The summed E-state index contributed by atoms with van der Waals surface area (Å²) in [5, 5.41) is 21.3. The van der Waals surface area contributed by atoms with Crippen LogP contribution in [-0.4, -0.2) is 35.9 Å². The Labute approximate surface area is 212 Å². The topological polar surface area (TPSA) is 205 Å². The first-order chi connectivity index (χ1) is 15.2. The Bertz CT molecular complexity index is 1000. The van der Waals surface area contributed by atoms with Crippen LogP contribution in [0, 0.1) is 20.2 Å². The molecule has 0 saturated carbocycles. The van der Waals surface area contributed by atoms with Gasteiger partial charge in [-0.2, -0.15) is 0 Å². The SMILES string of the molecule is COC(=O)c1cccc([N+](=O)[O-])c1C([NH-])=O.COOCc1cccc([N+](=O)[O-])c1CO[NH-].[Y]. The maximum atomic E-state index is 11.2. The van der Waals surface area contributed by atoms with Gasteiger partial charge in [0, 0.05) is 44.8 Å². The smallest absolute Gasteiger partial charge is 0.338 e. The average Bonchev–Trinajstić information content (AvgIpc) is 2.77. The van der Waals surface area contributed by atoms with Gasteiger partial charge in [-0.1, -0.05) is 18.2 Å². The molecule has 0 saturated heterocycles. The molecule has 2 N–H and O–H groups in total. The molecular formula is C18H18N4O10Y-2. The predicted molar refractivity (Wildman–Crippen MR) is 107 cm³/mol. The van der Waals surface area contributed by atoms with Gasteiger partial charge in [-0.05, 0) is 11.6 Å². The number of nitrogens with one attached hydrogen (secondary N) is 2. The zero-order chi connectivity index (χ0) is 24.3. The number of hydrogen-bond acceptors (Lipinski definition) is 10. The van der Waals surface area contributed by atoms with E-state index in [0.717, 1.165) is 13.2 Å². The Morgan fingerprint density at radius 1 is 0.970 bits per heavy atom. The van der Waals surface area contributed by atoms with E-state index in [-0.39, 0.29) is 57.2 Å². The maximum absolute atomic E-state index is 11.2. The molecule has 0 aliphatic rings. The summed E-state index contributed by atoms with van der Waals surface area (Å²) in [6.07, 6.45) is 0. The molecule has 0 aliphatic heterocycles. The minimum absolute atomic E-state index is 0. The average molecular weight is 539 g/mol. The number of hydrogen-bond donors (Lipinski definition) is 0. The summed E-state index contributed by atoms with van der Waals surface area (Å²) in [5.74, 6) is 4.47. The fourth-order valence-electron chi connectivity index (χ4n) is 2.50. The fourth-order valence-corrected chi connectivity index (χ4v) is 2.50. The van der Waals surface area contributed by atoms with Gasteiger partial charge in [0.15, 0.2) is 0 Å². The number of rotatable bonds is 9. The van der Waals surface area contributed by atoms with E-state index >= 15 is 0 Å². The second-order valence-electron chi connectivity index (χ2n) is 5.67. The van der Waals surface area contributed by atoms with E-state index in [2.05, 4.69) is 14.5 Å². The van der Waals surface area contributed by atoms with Crippen molar-refractivity contribution < 1.29 is 71.5 Å². The number of nitro groups is 2. The van der Waals surface area contributed by atoms with Gasteiger partial charge in [0.05, 0.1) is 53.3 Å². The van der Waals surface area contributed by atoms with Crippen molar-refractivity contribution in [3.05, 3.63) is 90.5 Å². The molecule has 1 amide bonds. The van der Waals surface area contributed by atoms with Crippen LogP contribution < -0.4 is 0 Å². The molecule has 0 unspecified atom stereocenters. The molecule has 0 aliphatic carbocycles. The van der Waals surface area contributed by atoms with Crippen molar-refractivity contribution in [1.29, 1.82) is 0 Å². The molecule has 0 heterocycles. The number of carbonyl (C=O) groups excluding carboxylic acids is 2. The Hall–Kier alpha value is -2.88. The first-order valence-electron chi connectivity index (χ1n) is 8.50.